The molecule has 1 aromatic heterocycles. The summed E-state index contributed by atoms with van der Waals surface area (Å²) in [6, 6.07) is 8.32. The molecule has 3 rings (SSSR count). The van der Waals surface area contributed by atoms with Crippen LogP contribution < -0.4 is 5.32 Å². The number of nitrogens with zero attached hydrogens (tertiary/aromatic N) is 3. The zero-order chi connectivity index (χ0) is 17.6. The summed E-state index contributed by atoms with van der Waals surface area (Å²) in [4.78, 5) is 20.2. The molecule has 1 atom stereocenters. The first-order valence-corrected chi connectivity index (χ1v) is 10.1. The van der Waals surface area contributed by atoms with Gasteiger partial charge < -0.3 is 14.8 Å². The van der Waals surface area contributed by atoms with E-state index in [1.807, 2.05) is 48.7 Å². The second-order valence-corrected chi connectivity index (χ2v) is 7.34. The van der Waals surface area contributed by atoms with E-state index in [4.69, 9.17) is 0 Å². The van der Waals surface area contributed by atoms with Crippen molar-refractivity contribution in [2.24, 2.45) is 0 Å². The number of hydrogen-bond acceptors (Lipinski definition) is 3. The molecule has 0 unspecified atom stereocenters. The van der Waals surface area contributed by atoms with Crippen molar-refractivity contribution in [2.75, 3.05) is 18.1 Å². The highest BCUT2D eigenvalue weighted by atomic mass is 32.2. The monoisotopic (exact) mass is 358 g/mol. The minimum Gasteiger partial charge on any atom is -0.335 e. The van der Waals surface area contributed by atoms with Gasteiger partial charge in [0, 0.05) is 42.1 Å². The lowest BCUT2D eigenvalue weighted by Crippen LogP contribution is -2.46. The maximum Gasteiger partial charge on any atom is 0.322 e. The normalized spacial score (nSPS) is 17.5. The summed E-state index contributed by atoms with van der Waals surface area (Å²) in [6.45, 7) is 3.76. The molecule has 1 N–H and O–H groups in total. The van der Waals surface area contributed by atoms with Gasteiger partial charge in [0.2, 0.25) is 0 Å². The van der Waals surface area contributed by atoms with Crippen LogP contribution in [0.25, 0.3) is 0 Å². The summed E-state index contributed by atoms with van der Waals surface area (Å²) in [5.74, 6) is 1.03. The minimum atomic E-state index is 0.0188. The van der Waals surface area contributed by atoms with E-state index in [0.717, 1.165) is 48.8 Å². The number of piperidine rings is 1. The van der Waals surface area contributed by atoms with Gasteiger partial charge >= 0.3 is 6.03 Å². The van der Waals surface area contributed by atoms with Gasteiger partial charge in [-0.2, -0.15) is 0 Å². The van der Waals surface area contributed by atoms with Crippen LogP contribution in [0.3, 0.4) is 0 Å². The number of likely N-dealkylation sites (tertiary alicyclic amines) is 1. The van der Waals surface area contributed by atoms with Crippen LogP contribution in [0.4, 0.5) is 10.5 Å². The SMILES string of the molecule is CSc1cccc(NC(=O)N2CCCC[C@H]2CCn2ccnc2C)c1. The van der Waals surface area contributed by atoms with Gasteiger partial charge in [-0.05, 0) is 57.1 Å². The standard InChI is InChI=1S/C19H26N4OS/c1-15-20-10-13-22(15)12-9-17-7-3-4-11-23(17)19(24)21-16-6-5-8-18(14-16)25-2/h5-6,8,10,13-14,17H,3-4,7,9,11-12H2,1-2H3,(H,21,24)/t17-/m0/s1. The average Bonchev–Trinajstić information content (AvgIpc) is 3.05. The number of aryl methyl sites for hydroxylation is 2. The molecule has 5 nitrogen and oxygen atoms in total. The Balaban J connectivity index is 1.63. The minimum absolute atomic E-state index is 0.0188. The van der Waals surface area contributed by atoms with Gasteiger partial charge in [0.1, 0.15) is 5.82 Å². The molecule has 0 bridgehead atoms. The van der Waals surface area contributed by atoms with Crippen LogP contribution in [-0.4, -0.2) is 39.3 Å². The van der Waals surface area contributed by atoms with Gasteiger partial charge in [-0.3, -0.25) is 0 Å². The number of amides is 2. The largest absolute Gasteiger partial charge is 0.335 e. The summed E-state index contributed by atoms with van der Waals surface area (Å²) in [5.41, 5.74) is 0.867. The molecule has 0 spiro atoms. The summed E-state index contributed by atoms with van der Waals surface area (Å²) in [5, 5.41) is 3.08. The highest BCUT2D eigenvalue weighted by Gasteiger charge is 2.26. The van der Waals surface area contributed by atoms with Crippen molar-refractivity contribution in [3.8, 4) is 0 Å². The van der Waals surface area contributed by atoms with Crippen molar-refractivity contribution in [3.05, 3.63) is 42.5 Å². The number of rotatable bonds is 5. The third kappa shape index (κ3) is 4.57. The van der Waals surface area contributed by atoms with E-state index in [0.29, 0.717) is 6.04 Å². The Morgan fingerprint density at radius 2 is 2.28 bits per heavy atom. The molecule has 2 heterocycles. The number of carbonyl (C=O) groups is 1. The molecule has 134 valence electrons. The Hall–Kier alpha value is -1.95. The Labute approximate surface area is 153 Å². The number of benzene rings is 1. The highest BCUT2D eigenvalue weighted by Crippen LogP contribution is 2.23. The summed E-state index contributed by atoms with van der Waals surface area (Å²) >= 11 is 1.68. The Kier molecular flexibility index (Phi) is 6.02. The van der Waals surface area contributed by atoms with E-state index >= 15 is 0 Å². The fourth-order valence-corrected chi connectivity index (χ4v) is 3.85. The molecule has 1 aromatic carbocycles. The van der Waals surface area contributed by atoms with Crippen LogP contribution in [0.5, 0.6) is 0 Å². The van der Waals surface area contributed by atoms with Gasteiger partial charge in [0.25, 0.3) is 0 Å². The molecule has 1 saturated heterocycles. The summed E-state index contributed by atoms with van der Waals surface area (Å²) in [7, 11) is 0. The maximum atomic E-state index is 12.8. The predicted molar refractivity (Wildman–Crippen MR) is 103 cm³/mol. The third-order valence-corrected chi connectivity index (χ3v) is 5.56. The fourth-order valence-electron chi connectivity index (χ4n) is 3.39. The molecule has 25 heavy (non-hydrogen) atoms. The average molecular weight is 359 g/mol. The van der Waals surface area contributed by atoms with Crippen molar-refractivity contribution in [3.63, 3.8) is 0 Å². The molecule has 0 radical (unpaired) electrons. The van der Waals surface area contributed by atoms with Gasteiger partial charge in [0.15, 0.2) is 0 Å². The van der Waals surface area contributed by atoms with Crippen molar-refractivity contribution >= 4 is 23.5 Å². The predicted octanol–water partition coefficient (Wildman–Crippen LogP) is 4.39. The molecule has 0 aliphatic carbocycles. The van der Waals surface area contributed by atoms with E-state index < -0.39 is 0 Å². The van der Waals surface area contributed by atoms with Crippen LogP contribution in [0, 0.1) is 6.92 Å². The molecule has 1 aliphatic rings. The molecule has 6 heteroatoms. The van der Waals surface area contributed by atoms with Crippen LogP contribution in [-0.2, 0) is 6.54 Å². The summed E-state index contributed by atoms with van der Waals surface area (Å²) < 4.78 is 2.16. The number of thioether (sulfide) groups is 1. The van der Waals surface area contributed by atoms with Crippen molar-refractivity contribution in [1.29, 1.82) is 0 Å². The third-order valence-electron chi connectivity index (χ3n) is 4.84. The number of aromatic nitrogens is 2. The van der Waals surface area contributed by atoms with E-state index in [2.05, 4.69) is 20.9 Å². The number of hydrogen-bond donors (Lipinski definition) is 1. The molecule has 1 fully saturated rings. The first-order valence-electron chi connectivity index (χ1n) is 8.87. The molecule has 2 amide bonds. The lowest BCUT2D eigenvalue weighted by molar-refractivity contribution is 0.155. The second-order valence-electron chi connectivity index (χ2n) is 6.46. The molecule has 0 saturated carbocycles. The Morgan fingerprint density at radius 1 is 1.40 bits per heavy atom. The first kappa shape index (κ1) is 17.9. The summed E-state index contributed by atoms with van der Waals surface area (Å²) in [6.07, 6.45) is 10.2. The van der Waals surface area contributed by atoms with Crippen LogP contribution in [0.2, 0.25) is 0 Å². The van der Waals surface area contributed by atoms with E-state index in [9.17, 15) is 4.79 Å². The molecular formula is C19H26N4OS. The lowest BCUT2D eigenvalue weighted by Gasteiger charge is -2.36. The molecular weight excluding hydrogens is 332 g/mol. The highest BCUT2D eigenvalue weighted by molar-refractivity contribution is 7.98. The zero-order valence-corrected chi connectivity index (χ0v) is 15.8. The topological polar surface area (TPSA) is 50.2 Å². The Bertz CT molecular complexity index is 715. The van der Waals surface area contributed by atoms with E-state index in [-0.39, 0.29) is 6.03 Å². The Morgan fingerprint density at radius 3 is 3.04 bits per heavy atom. The smallest absolute Gasteiger partial charge is 0.322 e. The second kappa shape index (κ2) is 8.43. The van der Waals surface area contributed by atoms with Gasteiger partial charge in [-0.1, -0.05) is 6.07 Å². The lowest BCUT2D eigenvalue weighted by atomic mass is 9.99. The maximum absolute atomic E-state index is 12.8. The van der Waals surface area contributed by atoms with Crippen molar-refractivity contribution in [2.45, 2.75) is 50.1 Å². The van der Waals surface area contributed by atoms with Gasteiger partial charge in [-0.25, -0.2) is 9.78 Å². The van der Waals surface area contributed by atoms with Crippen molar-refractivity contribution < 1.29 is 4.79 Å². The molecule has 1 aliphatic heterocycles. The number of carbonyl (C=O) groups excluding carboxylic acids is 1. The number of anilines is 1. The van der Waals surface area contributed by atoms with Gasteiger partial charge in [-0.15, -0.1) is 11.8 Å². The number of imidazole rings is 1. The van der Waals surface area contributed by atoms with Crippen molar-refractivity contribution in [1.82, 2.24) is 14.5 Å². The fraction of sp³-hybridized carbons (Fsp3) is 0.474. The number of urea groups is 1. The van der Waals surface area contributed by atoms with Crippen LogP contribution in [0.15, 0.2) is 41.6 Å². The quantitative estimate of drug-likeness (QED) is 0.807. The van der Waals surface area contributed by atoms with E-state index in [1.165, 1.54) is 6.42 Å². The van der Waals surface area contributed by atoms with E-state index in [1.54, 1.807) is 11.8 Å². The van der Waals surface area contributed by atoms with Crippen LogP contribution >= 0.6 is 11.8 Å². The zero-order valence-electron chi connectivity index (χ0n) is 14.9. The molecule has 2 aromatic rings. The first-order chi connectivity index (χ1) is 12.2. The van der Waals surface area contributed by atoms with Crippen LogP contribution in [0.1, 0.15) is 31.5 Å². The number of nitrogens with one attached hydrogen (secondary N) is 1. The van der Waals surface area contributed by atoms with Gasteiger partial charge in [0.05, 0.1) is 0 Å².